The van der Waals surface area contributed by atoms with E-state index in [0.29, 0.717) is 24.5 Å². The van der Waals surface area contributed by atoms with E-state index in [1.165, 1.54) is 0 Å². The van der Waals surface area contributed by atoms with E-state index in [9.17, 15) is 9.59 Å². The standard InChI is InChI=1S/C16H18N2O4/c1-2-21-16(20)12-5-7-13(8-6-12)17-11-15(19)18-10-14-4-3-9-22-14/h3-9,17H,2,10-11H2,1H3,(H,18,19). The highest BCUT2D eigenvalue weighted by molar-refractivity contribution is 5.90. The summed E-state index contributed by atoms with van der Waals surface area (Å²) in [7, 11) is 0. The van der Waals surface area contributed by atoms with Gasteiger partial charge in [-0.05, 0) is 43.3 Å². The summed E-state index contributed by atoms with van der Waals surface area (Å²) in [5.41, 5.74) is 1.23. The summed E-state index contributed by atoms with van der Waals surface area (Å²) in [6.07, 6.45) is 1.56. The topological polar surface area (TPSA) is 80.6 Å². The highest BCUT2D eigenvalue weighted by Gasteiger charge is 2.06. The predicted octanol–water partition coefficient (Wildman–Crippen LogP) is 2.18. The second-order valence-electron chi connectivity index (χ2n) is 4.51. The van der Waals surface area contributed by atoms with Crippen LogP contribution in [0, 0.1) is 0 Å². The maximum absolute atomic E-state index is 11.7. The SMILES string of the molecule is CCOC(=O)c1ccc(NCC(=O)NCc2ccco2)cc1. The number of hydrogen-bond donors (Lipinski definition) is 2. The fourth-order valence-corrected chi connectivity index (χ4v) is 1.78. The molecule has 0 aliphatic carbocycles. The van der Waals surface area contributed by atoms with Gasteiger partial charge < -0.3 is 19.8 Å². The first-order valence-corrected chi connectivity index (χ1v) is 6.99. The van der Waals surface area contributed by atoms with Crippen molar-refractivity contribution in [2.24, 2.45) is 0 Å². The Hall–Kier alpha value is -2.76. The summed E-state index contributed by atoms with van der Waals surface area (Å²) >= 11 is 0. The molecule has 1 aromatic heterocycles. The van der Waals surface area contributed by atoms with Crippen molar-refractivity contribution >= 4 is 17.6 Å². The Kier molecular flexibility index (Phi) is 5.59. The van der Waals surface area contributed by atoms with Gasteiger partial charge in [0, 0.05) is 5.69 Å². The molecule has 0 bridgehead atoms. The molecule has 22 heavy (non-hydrogen) atoms. The molecule has 0 saturated carbocycles. The molecule has 2 rings (SSSR count). The highest BCUT2D eigenvalue weighted by Crippen LogP contribution is 2.10. The lowest BCUT2D eigenvalue weighted by Gasteiger charge is -2.08. The predicted molar refractivity (Wildman–Crippen MR) is 81.4 cm³/mol. The lowest BCUT2D eigenvalue weighted by atomic mass is 10.2. The molecule has 0 radical (unpaired) electrons. The number of amides is 1. The summed E-state index contributed by atoms with van der Waals surface area (Å²) in [5.74, 6) is 0.197. The van der Waals surface area contributed by atoms with Crippen LogP contribution in [0.15, 0.2) is 47.1 Å². The zero-order chi connectivity index (χ0) is 15.8. The van der Waals surface area contributed by atoms with Gasteiger partial charge >= 0.3 is 5.97 Å². The Labute approximate surface area is 128 Å². The summed E-state index contributed by atoms with van der Waals surface area (Å²) < 4.78 is 10.0. The van der Waals surface area contributed by atoms with Crippen LogP contribution in [0.3, 0.4) is 0 Å². The zero-order valence-electron chi connectivity index (χ0n) is 12.3. The van der Waals surface area contributed by atoms with E-state index >= 15 is 0 Å². The molecule has 0 unspecified atom stereocenters. The molecule has 0 aliphatic heterocycles. The van der Waals surface area contributed by atoms with Crippen LogP contribution in [0.4, 0.5) is 5.69 Å². The Balaban J connectivity index is 1.76. The Morgan fingerprint density at radius 3 is 2.59 bits per heavy atom. The summed E-state index contributed by atoms with van der Waals surface area (Å²) in [6, 6.07) is 10.3. The maximum atomic E-state index is 11.7. The Morgan fingerprint density at radius 2 is 1.95 bits per heavy atom. The van der Waals surface area contributed by atoms with E-state index in [2.05, 4.69) is 10.6 Å². The van der Waals surface area contributed by atoms with Gasteiger partial charge in [0.25, 0.3) is 0 Å². The third-order valence-corrected chi connectivity index (χ3v) is 2.89. The van der Waals surface area contributed by atoms with E-state index in [4.69, 9.17) is 9.15 Å². The van der Waals surface area contributed by atoms with Gasteiger partial charge in [-0.25, -0.2) is 4.79 Å². The first-order chi connectivity index (χ1) is 10.7. The molecule has 1 amide bonds. The lowest BCUT2D eigenvalue weighted by molar-refractivity contribution is -0.119. The fraction of sp³-hybridized carbons (Fsp3) is 0.250. The number of rotatable bonds is 7. The van der Waals surface area contributed by atoms with Crippen molar-refractivity contribution in [2.75, 3.05) is 18.5 Å². The van der Waals surface area contributed by atoms with Gasteiger partial charge in [-0.2, -0.15) is 0 Å². The van der Waals surface area contributed by atoms with Crippen molar-refractivity contribution < 1.29 is 18.7 Å². The molecule has 0 atom stereocenters. The lowest BCUT2D eigenvalue weighted by Crippen LogP contribution is -2.29. The molecule has 6 nitrogen and oxygen atoms in total. The summed E-state index contributed by atoms with van der Waals surface area (Å²) in [5, 5.41) is 5.71. The second kappa shape index (κ2) is 7.87. The van der Waals surface area contributed by atoms with Crippen LogP contribution < -0.4 is 10.6 Å². The van der Waals surface area contributed by atoms with Crippen molar-refractivity contribution in [3.05, 3.63) is 54.0 Å². The van der Waals surface area contributed by atoms with Crippen LogP contribution in [0.2, 0.25) is 0 Å². The van der Waals surface area contributed by atoms with E-state index in [1.54, 1.807) is 49.6 Å². The fourth-order valence-electron chi connectivity index (χ4n) is 1.78. The number of anilines is 1. The number of benzene rings is 1. The molecule has 2 aromatic rings. The van der Waals surface area contributed by atoms with Gasteiger partial charge in [0.1, 0.15) is 5.76 Å². The van der Waals surface area contributed by atoms with Crippen LogP contribution in [0.1, 0.15) is 23.0 Å². The number of furan rings is 1. The monoisotopic (exact) mass is 302 g/mol. The van der Waals surface area contributed by atoms with Gasteiger partial charge in [-0.1, -0.05) is 0 Å². The molecule has 0 saturated heterocycles. The molecule has 1 aromatic carbocycles. The zero-order valence-corrected chi connectivity index (χ0v) is 12.3. The van der Waals surface area contributed by atoms with Gasteiger partial charge in [-0.3, -0.25) is 4.79 Å². The number of ether oxygens (including phenoxy) is 1. The normalized spacial score (nSPS) is 10.0. The second-order valence-corrected chi connectivity index (χ2v) is 4.51. The Bertz CT molecular complexity index is 606. The molecule has 0 fully saturated rings. The van der Waals surface area contributed by atoms with Crippen molar-refractivity contribution in [3.63, 3.8) is 0 Å². The van der Waals surface area contributed by atoms with Crippen LogP contribution in [0.5, 0.6) is 0 Å². The van der Waals surface area contributed by atoms with E-state index in [-0.39, 0.29) is 18.4 Å². The smallest absolute Gasteiger partial charge is 0.338 e. The third-order valence-electron chi connectivity index (χ3n) is 2.89. The molecule has 0 spiro atoms. The highest BCUT2D eigenvalue weighted by atomic mass is 16.5. The number of hydrogen-bond acceptors (Lipinski definition) is 5. The minimum absolute atomic E-state index is 0.138. The van der Waals surface area contributed by atoms with Crippen LogP contribution in [-0.2, 0) is 16.1 Å². The average Bonchev–Trinajstić information content (AvgIpc) is 3.05. The minimum atomic E-state index is -0.356. The molecule has 6 heteroatoms. The van der Waals surface area contributed by atoms with Crippen LogP contribution in [-0.4, -0.2) is 25.0 Å². The number of carbonyl (C=O) groups is 2. The van der Waals surface area contributed by atoms with Gasteiger partial charge in [0.05, 0.1) is 31.5 Å². The van der Waals surface area contributed by atoms with Crippen molar-refractivity contribution in [1.29, 1.82) is 0 Å². The van der Waals surface area contributed by atoms with E-state index in [1.807, 2.05) is 0 Å². The Morgan fingerprint density at radius 1 is 1.18 bits per heavy atom. The maximum Gasteiger partial charge on any atom is 0.338 e. The molecule has 2 N–H and O–H groups in total. The first kappa shape index (κ1) is 15.6. The van der Waals surface area contributed by atoms with E-state index < -0.39 is 0 Å². The summed E-state index contributed by atoms with van der Waals surface area (Å²) in [6.45, 7) is 2.60. The van der Waals surface area contributed by atoms with E-state index in [0.717, 1.165) is 5.69 Å². The molecule has 1 heterocycles. The average molecular weight is 302 g/mol. The van der Waals surface area contributed by atoms with Gasteiger partial charge in [-0.15, -0.1) is 0 Å². The largest absolute Gasteiger partial charge is 0.467 e. The third kappa shape index (κ3) is 4.66. The minimum Gasteiger partial charge on any atom is -0.467 e. The molecule has 116 valence electrons. The van der Waals surface area contributed by atoms with Crippen molar-refractivity contribution in [2.45, 2.75) is 13.5 Å². The number of nitrogens with one attached hydrogen (secondary N) is 2. The van der Waals surface area contributed by atoms with Crippen molar-refractivity contribution in [3.8, 4) is 0 Å². The summed E-state index contributed by atoms with van der Waals surface area (Å²) in [4.78, 5) is 23.2. The number of carbonyl (C=O) groups excluding carboxylic acids is 2. The molecular formula is C16H18N2O4. The first-order valence-electron chi connectivity index (χ1n) is 6.99. The van der Waals surface area contributed by atoms with Gasteiger partial charge in [0.15, 0.2) is 0 Å². The number of esters is 1. The van der Waals surface area contributed by atoms with Crippen LogP contribution >= 0.6 is 0 Å². The van der Waals surface area contributed by atoms with Crippen LogP contribution in [0.25, 0.3) is 0 Å². The molecular weight excluding hydrogens is 284 g/mol. The van der Waals surface area contributed by atoms with Gasteiger partial charge in [0.2, 0.25) is 5.91 Å². The molecule has 0 aliphatic rings. The quantitative estimate of drug-likeness (QED) is 0.766. The van der Waals surface area contributed by atoms with Crippen molar-refractivity contribution in [1.82, 2.24) is 5.32 Å².